The summed E-state index contributed by atoms with van der Waals surface area (Å²) in [5.74, 6) is -0.326. The number of pyridine rings is 1. The van der Waals surface area contributed by atoms with E-state index in [1.807, 2.05) is 6.92 Å². The first-order valence-electron chi connectivity index (χ1n) is 9.94. The maximum atomic E-state index is 14.0. The van der Waals surface area contributed by atoms with Gasteiger partial charge in [0, 0.05) is 43.0 Å². The molecule has 1 fully saturated rings. The molecule has 7 nitrogen and oxygen atoms in total. The van der Waals surface area contributed by atoms with Crippen LogP contribution in [0, 0.1) is 23.1 Å². The molecule has 0 aliphatic carbocycles. The number of piperidine rings is 1. The molecule has 0 bridgehead atoms. The van der Waals surface area contributed by atoms with E-state index in [0.717, 1.165) is 12.8 Å². The number of amides is 1. The van der Waals surface area contributed by atoms with Gasteiger partial charge in [-0.05, 0) is 44.0 Å². The zero-order valence-electron chi connectivity index (χ0n) is 16.6. The van der Waals surface area contributed by atoms with Crippen LogP contribution in [0.15, 0.2) is 36.7 Å². The van der Waals surface area contributed by atoms with Gasteiger partial charge in [0.15, 0.2) is 0 Å². The number of rotatable bonds is 4. The lowest BCUT2D eigenvalue weighted by Gasteiger charge is -2.30. The molecule has 1 atom stereocenters. The average Bonchev–Trinajstić information content (AvgIpc) is 2.78. The number of nitriles is 1. The Bertz CT molecular complexity index is 1120. The van der Waals surface area contributed by atoms with Crippen LogP contribution in [0.25, 0.3) is 22.2 Å². The Hall–Kier alpha value is -3.60. The zero-order valence-corrected chi connectivity index (χ0v) is 16.6. The minimum absolute atomic E-state index is 0.181. The molecule has 1 N–H and O–H groups in total. The van der Waals surface area contributed by atoms with Crippen LogP contribution >= 0.6 is 0 Å². The number of benzene rings is 1. The first kappa shape index (κ1) is 19.7. The Morgan fingerprint density at radius 1 is 1.33 bits per heavy atom. The third-order valence-corrected chi connectivity index (χ3v) is 5.17. The van der Waals surface area contributed by atoms with E-state index in [-0.39, 0.29) is 11.8 Å². The second-order valence-corrected chi connectivity index (χ2v) is 7.26. The highest BCUT2D eigenvalue weighted by atomic mass is 19.1. The van der Waals surface area contributed by atoms with Crippen LogP contribution in [-0.4, -0.2) is 45.4 Å². The Balaban J connectivity index is 1.78. The van der Waals surface area contributed by atoms with Crippen LogP contribution in [0.4, 0.5) is 10.3 Å². The third kappa shape index (κ3) is 3.92. The highest BCUT2D eigenvalue weighted by Crippen LogP contribution is 2.27. The van der Waals surface area contributed by atoms with E-state index in [1.165, 1.54) is 12.1 Å². The lowest BCUT2D eigenvalue weighted by Crippen LogP contribution is -2.39. The predicted octanol–water partition coefficient (Wildman–Crippen LogP) is 3.64. The van der Waals surface area contributed by atoms with E-state index in [9.17, 15) is 14.4 Å². The summed E-state index contributed by atoms with van der Waals surface area (Å²) in [5, 5.41) is 12.7. The first-order chi connectivity index (χ1) is 14.6. The predicted molar refractivity (Wildman–Crippen MR) is 111 cm³/mol. The van der Waals surface area contributed by atoms with Gasteiger partial charge in [0.2, 0.25) is 5.95 Å². The highest BCUT2D eigenvalue weighted by molar-refractivity contribution is 6.07. The van der Waals surface area contributed by atoms with Gasteiger partial charge in [0.1, 0.15) is 5.82 Å². The van der Waals surface area contributed by atoms with Gasteiger partial charge in [-0.1, -0.05) is 0 Å². The van der Waals surface area contributed by atoms with Gasteiger partial charge in [-0.15, -0.1) is 0 Å². The fraction of sp³-hybridized carbons (Fsp3) is 0.318. The van der Waals surface area contributed by atoms with Crippen molar-refractivity contribution in [2.75, 3.05) is 25.0 Å². The molecule has 1 saturated heterocycles. The van der Waals surface area contributed by atoms with Crippen LogP contribution in [0.1, 0.15) is 30.1 Å². The van der Waals surface area contributed by atoms with E-state index in [2.05, 4.69) is 26.3 Å². The van der Waals surface area contributed by atoms with Crippen molar-refractivity contribution in [3.05, 3.63) is 48.0 Å². The summed E-state index contributed by atoms with van der Waals surface area (Å²) in [7, 11) is 0. The Morgan fingerprint density at radius 2 is 2.13 bits per heavy atom. The number of hydrogen-bond donors (Lipinski definition) is 1. The maximum Gasteiger partial charge on any atom is 0.254 e. The molecule has 1 aliphatic rings. The summed E-state index contributed by atoms with van der Waals surface area (Å²) >= 11 is 0. The fourth-order valence-corrected chi connectivity index (χ4v) is 3.67. The van der Waals surface area contributed by atoms with Crippen molar-refractivity contribution < 1.29 is 9.18 Å². The van der Waals surface area contributed by atoms with Crippen LogP contribution < -0.4 is 5.32 Å². The van der Waals surface area contributed by atoms with Crippen LogP contribution in [0.3, 0.4) is 0 Å². The quantitative estimate of drug-likeness (QED) is 0.713. The van der Waals surface area contributed by atoms with Crippen LogP contribution in [0.2, 0.25) is 0 Å². The van der Waals surface area contributed by atoms with Gasteiger partial charge in [-0.3, -0.25) is 4.79 Å². The Morgan fingerprint density at radius 3 is 2.87 bits per heavy atom. The minimum Gasteiger partial charge on any atom is -0.355 e. The molecule has 2 aromatic heterocycles. The number of hydrogen-bond acceptors (Lipinski definition) is 6. The molecule has 152 valence electrons. The Labute approximate surface area is 173 Å². The molecule has 0 radical (unpaired) electrons. The molecule has 30 heavy (non-hydrogen) atoms. The number of likely N-dealkylation sites (tertiary alicyclic amines) is 1. The molecule has 8 heteroatoms. The van der Waals surface area contributed by atoms with Gasteiger partial charge >= 0.3 is 0 Å². The zero-order chi connectivity index (χ0) is 21.1. The molecule has 0 spiro atoms. The van der Waals surface area contributed by atoms with Crippen LogP contribution in [0.5, 0.6) is 0 Å². The Kier molecular flexibility index (Phi) is 5.53. The first-order valence-corrected chi connectivity index (χ1v) is 9.94. The normalized spacial score (nSPS) is 16.3. The van der Waals surface area contributed by atoms with E-state index >= 15 is 0 Å². The van der Waals surface area contributed by atoms with Crippen molar-refractivity contribution in [3.8, 4) is 17.3 Å². The van der Waals surface area contributed by atoms with Crippen molar-refractivity contribution >= 4 is 22.8 Å². The SMILES string of the molecule is CCNc1ncc(-c2cc(C(=O)N3CCC[C@@H](C#N)C3)c3cc(F)ccc3n2)cn1. The van der Waals surface area contributed by atoms with Crippen molar-refractivity contribution in [3.63, 3.8) is 0 Å². The lowest BCUT2D eigenvalue weighted by molar-refractivity contribution is 0.0701. The van der Waals surface area contributed by atoms with Crippen LogP contribution in [-0.2, 0) is 0 Å². The van der Waals surface area contributed by atoms with Gasteiger partial charge < -0.3 is 10.2 Å². The third-order valence-electron chi connectivity index (χ3n) is 5.17. The minimum atomic E-state index is -0.432. The smallest absolute Gasteiger partial charge is 0.254 e. The number of nitrogens with zero attached hydrogens (tertiary/aromatic N) is 5. The fourth-order valence-electron chi connectivity index (χ4n) is 3.67. The number of aromatic nitrogens is 3. The number of fused-ring (bicyclic) bond motifs is 1. The van der Waals surface area contributed by atoms with E-state index in [4.69, 9.17) is 0 Å². The molecule has 3 heterocycles. The second kappa shape index (κ2) is 8.41. The van der Waals surface area contributed by atoms with Gasteiger partial charge in [0.25, 0.3) is 5.91 Å². The number of nitrogens with one attached hydrogen (secondary N) is 1. The van der Waals surface area contributed by atoms with Crippen molar-refractivity contribution in [2.45, 2.75) is 19.8 Å². The molecule has 1 aromatic carbocycles. The molecule has 0 saturated carbocycles. The van der Waals surface area contributed by atoms with Gasteiger partial charge in [-0.25, -0.2) is 19.3 Å². The summed E-state index contributed by atoms with van der Waals surface area (Å²) in [5.41, 5.74) is 2.07. The van der Waals surface area contributed by atoms with Crippen molar-refractivity contribution in [1.29, 1.82) is 5.26 Å². The van der Waals surface area contributed by atoms with E-state index < -0.39 is 5.82 Å². The summed E-state index contributed by atoms with van der Waals surface area (Å²) in [6.07, 6.45) is 4.84. The number of carbonyl (C=O) groups is 1. The maximum absolute atomic E-state index is 14.0. The molecule has 3 aromatic rings. The molecule has 1 aliphatic heterocycles. The summed E-state index contributed by atoms with van der Waals surface area (Å²) in [6.45, 7) is 3.62. The second-order valence-electron chi connectivity index (χ2n) is 7.26. The standard InChI is InChI=1S/C22H21FN6O/c1-2-25-22-26-11-15(12-27-22)20-9-18(17-8-16(23)5-6-19(17)28-20)21(30)29-7-3-4-14(10-24)13-29/h5-6,8-9,11-12,14H,2-4,7,13H2,1H3,(H,25,26,27)/t14-/m0/s1. The largest absolute Gasteiger partial charge is 0.355 e. The number of halogens is 1. The molecular weight excluding hydrogens is 383 g/mol. The summed E-state index contributed by atoms with van der Waals surface area (Å²) in [6, 6.07) is 8.12. The number of carbonyl (C=O) groups excluding carboxylic acids is 1. The van der Waals surface area contributed by atoms with Gasteiger partial charge in [-0.2, -0.15) is 5.26 Å². The highest BCUT2D eigenvalue weighted by Gasteiger charge is 2.26. The van der Waals surface area contributed by atoms with E-state index in [1.54, 1.807) is 29.4 Å². The number of anilines is 1. The average molecular weight is 404 g/mol. The molecule has 1 amide bonds. The lowest BCUT2D eigenvalue weighted by atomic mass is 9.98. The van der Waals surface area contributed by atoms with Gasteiger partial charge in [0.05, 0.1) is 28.8 Å². The van der Waals surface area contributed by atoms with E-state index in [0.29, 0.717) is 53.3 Å². The summed E-state index contributed by atoms with van der Waals surface area (Å²) in [4.78, 5) is 28.1. The topological polar surface area (TPSA) is 94.8 Å². The van der Waals surface area contributed by atoms with Crippen molar-refractivity contribution in [1.82, 2.24) is 19.9 Å². The van der Waals surface area contributed by atoms with Crippen molar-refractivity contribution in [2.24, 2.45) is 5.92 Å². The molecule has 0 unspecified atom stereocenters. The monoisotopic (exact) mass is 404 g/mol. The summed E-state index contributed by atoms with van der Waals surface area (Å²) < 4.78 is 14.0. The molecule has 4 rings (SSSR count). The molecular formula is C22H21FN6O.